The van der Waals surface area contributed by atoms with Crippen molar-refractivity contribution in [2.75, 3.05) is 24.6 Å². The molecule has 3 rings (SSSR count). The second-order valence-electron chi connectivity index (χ2n) is 7.12. The summed E-state index contributed by atoms with van der Waals surface area (Å²) in [6.45, 7) is 8.28. The van der Waals surface area contributed by atoms with Gasteiger partial charge in [-0.25, -0.2) is 4.98 Å². The van der Waals surface area contributed by atoms with Crippen LogP contribution in [0.15, 0.2) is 29.6 Å². The van der Waals surface area contributed by atoms with Crippen LogP contribution in [0, 0.1) is 12.8 Å². The van der Waals surface area contributed by atoms with E-state index in [1.807, 2.05) is 43.5 Å². The predicted octanol–water partition coefficient (Wildman–Crippen LogP) is 3.91. The molecule has 6 nitrogen and oxygen atoms in total. The topological polar surface area (TPSA) is 62.7 Å². The highest BCUT2D eigenvalue weighted by atomic mass is 32.1. The lowest BCUT2D eigenvalue weighted by Crippen LogP contribution is -2.36. The molecule has 7 heteroatoms. The average Bonchev–Trinajstić information content (AvgIpc) is 3.10. The van der Waals surface area contributed by atoms with Crippen molar-refractivity contribution < 1.29 is 14.3 Å². The van der Waals surface area contributed by atoms with E-state index in [0.717, 1.165) is 49.4 Å². The molecule has 1 amide bonds. The summed E-state index contributed by atoms with van der Waals surface area (Å²) in [5, 5.41) is 2.70. The molecular weight excluding hydrogens is 374 g/mol. The highest BCUT2D eigenvalue weighted by Gasteiger charge is 2.26. The maximum Gasteiger partial charge on any atom is 0.309 e. The minimum Gasteiger partial charge on any atom is -0.466 e. The van der Waals surface area contributed by atoms with E-state index in [-0.39, 0.29) is 17.8 Å². The van der Waals surface area contributed by atoms with Crippen LogP contribution < -0.4 is 4.90 Å². The number of amides is 1. The fourth-order valence-electron chi connectivity index (χ4n) is 3.48. The third kappa shape index (κ3) is 4.97. The normalized spacial score (nSPS) is 15.4. The van der Waals surface area contributed by atoms with Gasteiger partial charge in [0.05, 0.1) is 23.9 Å². The Hall–Kier alpha value is -2.25. The van der Waals surface area contributed by atoms with Gasteiger partial charge in [0.15, 0.2) is 5.13 Å². The number of hydrogen-bond acceptors (Lipinski definition) is 6. The summed E-state index contributed by atoms with van der Waals surface area (Å²) < 4.78 is 5.13. The Labute approximate surface area is 170 Å². The number of rotatable bonds is 6. The largest absolute Gasteiger partial charge is 0.466 e. The number of esters is 1. The second kappa shape index (κ2) is 9.30. The van der Waals surface area contributed by atoms with Crippen LogP contribution in [0.2, 0.25) is 0 Å². The molecular formula is C21H27N3O3S. The summed E-state index contributed by atoms with van der Waals surface area (Å²) >= 11 is 1.48. The van der Waals surface area contributed by atoms with E-state index >= 15 is 0 Å². The van der Waals surface area contributed by atoms with Crippen LogP contribution in [0.5, 0.6) is 0 Å². The minimum atomic E-state index is -0.0756. The fraction of sp³-hybridized carbons (Fsp3) is 0.476. The van der Waals surface area contributed by atoms with Gasteiger partial charge in [0.2, 0.25) is 5.91 Å². The molecule has 0 N–H and O–H groups in total. The Kier molecular flexibility index (Phi) is 6.80. The van der Waals surface area contributed by atoms with Crippen LogP contribution in [-0.4, -0.2) is 41.5 Å². The van der Waals surface area contributed by atoms with Crippen molar-refractivity contribution in [3.8, 4) is 0 Å². The Balaban J connectivity index is 1.64. The molecule has 0 atom stereocenters. The zero-order valence-corrected chi connectivity index (χ0v) is 17.5. The Bertz CT molecular complexity index is 828. The van der Waals surface area contributed by atoms with Gasteiger partial charge in [0.1, 0.15) is 0 Å². The van der Waals surface area contributed by atoms with E-state index in [0.29, 0.717) is 11.7 Å². The van der Waals surface area contributed by atoms with E-state index in [2.05, 4.69) is 4.90 Å². The molecule has 2 aromatic rings. The van der Waals surface area contributed by atoms with Crippen molar-refractivity contribution >= 4 is 34.0 Å². The molecule has 1 fully saturated rings. The van der Waals surface area contributed by atoms with Crippen LogP contribution in [0.4, 0.5) is 10.8 Å². The number of carbonyl (C=O) groups excluding carboxylic acids is 2. The molecule has 0 radical (unpaired) electrons. The van der Waals surface area contributed by atoms with E-state index < -0.39 is 0 Å². The standard InChI is InChI=1S/C21H27N3O3S/c1-4-27-20(26)17-8-10-23(11-9-17)13-18-14-28-21(22-18)24(16(3)25)19-7-5-6-15(2)12-19/h5-7,12,14,17H,4,8-11,13H2,1-3H3. The third-order valence-corrected chi connectivity index (χ3v) is 5.77. The number of ether oxygens (including phenoxy) is 1. The van der Waals surface area contributed by atoms with E-state index in [9.17, 15) is 9.59 Å². The van der Waals surface area contributed by atoms with Crippen LogP contribution in [0.25, 0.3) is 0 Å². The van der Waals surface area contributed by atoms with Crippen molar-refractivity contribution in [1.82, 2.24) is 9.88 Å². The molecule has 0 bridgehead atoms. The summed E-state index contributed by atoms with van der Waals surface area (Å²) in [6, 6.07) is 7.87. The summed E-state index contributed by atoms with van der Waals surface area (Å²) in [5.41, 5.74) is 2.89. The predicted molar refractivity (Wildman–Crippen MR) is 111 cm³/mol. The average molecular weight is 402 g/mol. The van der Waals surface area contributed by atoms with Crippen LogP contribution in [-0.2, 0) is 20.9 Å². The molecule has 0 aliphatic carbocycles. The maximum atomic E-state index is 12.2. The quantitative estimate of drug-likeness (QED) is 0.687. The molecule has 1 aliphatic heterocycles. The van der Waals surface area contributed by atoms with Crippen LogP contribution in [0.3, 0.4) is 0 Å². The number of likely N-dealkylation sites (tertiary alicyclic amines) is 1. The lowest BCUT2D eigenvalue weighted by atomic mass is 9.97. The van der Waals surface area contributed by atoms with Gasteiger partial charge in [-0.3, -0.25) is 19.4 Å². The Morgan fingerprint density at radius 2 is 2.07 bits per heavy atom. The first-order chi connectivity index (χ1) is 13.5. The number of aromatic nitrogens is 1. The van der Waals surface area contributed by atoms with E-state index in [1.165, 1.54) is 11.3 Å². The van der Waals surface area contributed by atoms with Crippen molar-refractivity contribution in [2.45, 2.75) is 40.2 Å². The van der Waals surface area contributed by atoms with Gasteiger partial charge in [-0.1, -0.05) is 12.1 Å². The molecule has 1 aromatic heterocycles. The molecule has 150 valence electrons. The molecule has 1 aliphatic rings. The summed E-state index contributed by atoms with van der Waals surface area (Å²) in [7, 11) is 0. The highest BCUT2D eigenvalue weighted by molar-refractivity contribution is 7.14. The number of hydrogen-bond donors (Lipinski definition) is 0. The van der Waals surface area contributed by atoms with E-state index in [4.69, 9.17) is 9.72 Å². The number of anilines is 2. The number of aryl methyl sites for hydroxylation is 1. The third-order valence-electron chi connectivity index (χ3n) is 4.90. The van der Waals surface area contributed by atoms with Gasteiger partial charge in [-0.05, 0) is 57.5 Å². The molecule has 28 heavy (non-hydrogen) atoms. The highest BCUT2D eigenvalue weighted by Crippen LogP contribution is 2.30. The zero-order valence-electron chi connectivity index (χ0n) is 16.7. The molecule has 0 saturated carbocycles. The van der Waals surface area contributed by atoms with Crippen LogP contribution >= 0.6 is 11.3 Å². The first-order valence-corrected chi connectivity index (χ1v) is 10.6. The van der Waals surface area contributed by atoms with Crippen molar-refractivity contribution in [2.24, 2.45) is 5.92 Å². The zero-order chi connectivity index (χ0) is 20.1. The van der Waals surface area contributed by atoms with Gasteiger partial charge < -0.3 is 4.74 Å². The van der Waals surface area contributed by atoms with Crippen molar-refractivity contribution in [1.29, 1.82) is 0 Å². The smallest absolute Gasteiger partial charge is 0.309 e. The fourth-order valence-corrected chi connectivity index (χ4v) is 4.36. The number of nitrogens with zero attached hydrogens (tertiary/aromatic N) is 3. The monoisotopic (exact) mass is 401 g/mol. The van der Waals surface area contributed by atoms with Gasteiger partial charge in [-0.15, -0.1) is 11.3 Å². The van der Waals surface area contributed by atoms with Gasteiger partial charge in [0, 0.05) is 18.8 Å². The van der Waals surface area contributed by atoms with Gasteiger partial charge >= 0.3 is 5.97 Å². The van der Waals surface area contributed by atoms with E-state index in [1.54, 1.807) is 11.8 Å². The summed E-state index contributed by atoms with van der Waals surface area (Å²) in [5.74, 6) is -0.119. The van der Waals surface area contributed by atoms with Crippen LogP contribution in [0.1, 0.15) is 37.9 Å². The molecule has 0 unspecified atom stereocenters. The lowest BCUT2D eigenvalue weighted by molar-refractivity contribution is -0.149. The number of carbonyl (C=O) groups is 2. The summed E-state index contributed by atoms with van der Waals surface area (Å²) in [6.07, 6.45) is 1.64. The molecule has 1 saturated heterocycles. The lowest BCUT2D eigenvalue weighted by Gasteiger charge is -2.30. The van der Waals surface area contributed by atoms with Crippen molar-refractivity contribution in [3.05, 3.63) is 40.9 Å². The first-order valence-electron chi connectivity index (χ1n) is 9.68. The minimum absolute atomic E-state index is 0.0109. The molecule has 2 heterocycles. The van der Waals surface area contributed by atoms with Crippen molar-refractivity contribution in [3.63, 3.8) is 0 Å². The SMILES string of the molecule is CCOC(=O)C1CCN(Cc2csc(N(C(C)=O)c3cccc(C)c3)n2)CC1. The molecule has 0 spiro atoms. The summed E-state index contributed by atoms with van der Waals surface area (Å²) in [4.78, 5) is 32.8. The van der Waals surface area contributed by atoms with Gasteiger partial charge in [0.25, 0.3) is 0 Å². The molecule has 1 aromatic carbocycles. The second-order valence-corrected chi connectivity index (χ2v) is 7.95. The maximum absolute atomic E-state index is 12.2. The Morgan fingerprint density at radius 1 is 1.32 bits per heavy atom. The van der Waals surface area contributed by atoms with Gasteiger partial charge in [-0.2, -0.15) is 0 Å². The first kappa shape index (κ1) is 20.5. The Morgan fingerprint density at radius 3 is 2.71 bits per heavy atom. The number of piperidine rings is 1. The number of thiazole rings is 1. The number of benzene rings is 1.